The molecule has 0 amide bonds. The number of unbranched alkanes of at least 4 members (excludes halogenated alkanes) is 3. The van der Waals surface area contributed by atoms with Gasteiger partial charge >= 0.3 is 0 Å². The minimum absolute atomic E-state index is 0.709. The average molecular weight is 291 g/mol. The molecule has 0 spiro atoms. The van der Waals surface area contributed by atoms with Crippen LogP contribution in [0.25, 0.3) is 5.69 Å². The molecule has 0 aliphatic carbocycles. The van der Waals surface area contributed by atoms with E-state index in [0.29, 0.717) is 5.95 Å². The monoisotopic (exact) mass is 291 g/mol. The van der Waals surface area contributed by atoms with Crippen LogP contribution in [0.4, 0.5) is 5.95 Å². The van der Waals surface area contributed by atoms with Crippen molar-refractivity contribution in [2.75, 3.05) is 23.9 Å². The molecule has 1 aromatic carbocycles. The Morgan fingerprint density at radius 3 is 2.70 bits per heavy atom. The predicted octanol–water partition coefficient (Wildman–Crippen LogP) is 3.00. The molecule has 2 aromatic rings. The van der Waals surface area contributed by atoms with Crippen molar-refractivity contribution >= 4 is 17.7 Å². The lowest BCUT2D eigenvalue weighted by Crippen LogP contribution is -2.08. The van der Waals surface area contributed by atoms with Gasteiger partial charge in [-0.2, -0.15) is 16.4 Å². The first-order chi connectivity index (χ1) is 9.92. The van der Waals surface area contributed by atoms with Crippen molar-refractivity contribution in [3.63, 3.8) is 0 Å². The van der Waals surface area contributed by atoms with Crippen molar-refractivity contribution in [2.45, 2.75) is 25.7 Å². The smallest absolute Gasteiger partial charge is 0.247 e. The van der Waals surface area contributed by atoms with Gasteiger partial charge in [-0.1, -0.05) is 36.1 Å². The average Bonchev–Trinajstić information content (AvgIpc) is 2.96. The second-order valence-electron chi connectivity index (χ2n) is 4.58. The van der Waals surface area contributed by atoms with Crippen LogP contribution in [0.2, 0.25) is 0 Å². The van der Waals surface area contributed by atoms with Gasteiger partial charge in [0, 0.05) is 6.54 Å². The Morgan fingerprint density at radius 2 is 1.90 bits per heavy atom. The van der Waals surface area contributed by atoms with Crippen LogP contribution in [-0.4, -0.2) is 38.8 Å². The van der Waals surface area contributed by atoms with Gasteiger partial charge in [0.05, 0.1) is 5.69 Å². The molecule has 0 saturated heterocycles. The third-order valence-electron chi connectivity index (χ3n) is 3.03. The molecule has 108 valence electrons. The van der Waals surface area contributed by atoms with E-state index in [1.165, 1.54) is 25.0 Å². The van der Waals surface area contributed by atoms with E-state index in [4.69, 9.17) is 0 Å². The minimum atomic E-state index is 0.709. The summed E-state index contributed by atoms with van der Waals surface area (Å²) in [6, 6.07) is 9.92. The number of nitrogens with one attached hydrogen (secondary N) is 1. The zero-order valence-corrected chi connectivity index (χ0v) is 12.6. The van der Waals surface area contributed by atoms with Crippen LogP contribution in [0.3, 0.4) is 0 Å². The highest BCUT2D eigenvalue weighted by Crippen LogP contribution is 2.11. The van der Waals surface area contributed by atoms with E-state index >= 15 is 0 Å². The molecule has 0 fully saturated rings. The molecule has 0 saturated carbocycles. The van der Waals surface area contributed by atoms with Crippen LogP contribution in [0.15, 0.2) is 30.3 Å². The molecule has 0 unspecified atom stereocenters. The maximum Gasteiger partial charge on any atom is 0.247 e. The molecule has 5 nitrogen and oxygen atoms in total. The minimum Gasteiger partial charge on any atom is -0.353 e. The van der Waals surface area contributed by atoms with E-state index < -0.39 is 0 Å². The van der Waals surface area contributed by atoms with Gasteiger partial charge < -0.3 is 5.32 Å². The van der Waals surface area contributed by atoms with Gasteiger partial charge in [-0.3, -0.25) is 0 Å². The Hall–Kier alpha value is -1.56. The number of rotatable bonds is 9. The fourth-order valence-corrected chi connectivity index (χ4v) is 2.46. The van der Waals surface area contributed by atoms with Gasteiger partial charge in [0.25, 0.3) is 0 Å². The molecule has 1 heterocycles. The van der Waals surface area contributed by atoms with Gasteiger partial charge in [0.15, 0.2) is 0 Å². The molecule has 1 aromatic heterocycles. The summed E-state index contributed by atoms with van der Waals surface area (Å²) in [5, 5.41) is 15.1. The van der Waals surface area contributed by atoms with Crippen molar-refractivity contribution < 1.29 is 0 Å². The summed E-state index contributed by atoms with van der Waals surface area (Å²) in [6.07, 6.45) is 7.16. The summed E-state index contributed by atoms with van der Waals surface area (Å²) in [7, 11) is 0. The van der Waals surface area contributed by atoms with Crippen LogP contribution < -0.4 is 5.32 Å². The lowest BCUT2D eigenvalue weighted by atomic mass is 10.2. The molecule has 0 aliphatic heterocycles. The number of hydrogen-bond donors (Lipinski definition) is 1. The standard InChI is InChI=1S/C14H21N5S/c1-20-12-8-3-2-7-11-15-14-16-17-18-19(14)13-9-5-4-6-10-13/h4-6,9-10H,2-3,7-8,11-12H2,1H3,(H,15,16,18). The van der Waals surface area contributed by atoms with Crippen LogP contribution in [0, 0.1) is 0 Å². The number of aromatic nitrogens is 4. The summed E-state index contributed by atoms with van der Waals surface area (Å²) in [5.74, 6) is 1.97. The number of hydrogen-bond acceptors (Lipinski definition) is 5. The second-order valence-corrected chi connectivity index (χ2v) is 5.57. The molecule has 0 radical (unpaired) electrons. The van der Waals surface area contributed by atoms with Crippen molar-refractivity contribution in [2.24, 2.45) is 0 Å². The number of anilines is 1. The first-order valence-corrected chi connectivity index (χ1v) is 8.38. The summed E-state index contributed by atoms with van der Waals surface area (Å²) in [4.78, 5) is 0. The van der Waals surface area contributed by atoms with E-state index in [0.717, 1.165) is 18.7 Å². The molecular formula is C14H21N5S. The van der Waals surface area contributed by atoms with Gasteiger partial charge in [-0.25, -0.2) is 0 Å². The van der Waals surface area contributed by atoms with Crippen LogP contribution in [0.5, 0.6) is 0 Å². The summed E-state index contributed by atoms with van der Waals surface area (Å²) >= 11 is 1.92. The highest BCUT2D eigenvalue weighted by atomic mass is 32.2. The van der Waals surface area contributed by atoms with E-state index in [2.05, 4.69) is 27.1 Å². The van der Waals surface area contributed by atoms with E-state index in [1.807, 2.05) is 42.1 Å². The second kappa shape index (κ2) is 8.58. The predicted molar refractivity (Wildman–Crippen MR) is 84.5 cm³/mol. The Balaban J connectivity index is 1.76. The Morgan fingerprint density at radius 1 is 1.10 bits per heavy atom. The lowest BCUT2D eigenvalue weighted by molar-refractivity contribution is 0.685. The van der Waals surface area contributed by atoms with Gasteiger partial charge in [-0.05, 0) is 47.4 Å². The van der Waals surface area contributed by atoms with Crippen molar-refractivity contribution in [3.8, 4) is 5.69 Å². The van der Waals surface area contributed by atoms with Gasteiger partial charge in [0.2, 0.25) is 5.95 Å². The molecule has 20 heavy (non-hydrogen) atoms. The summed E-state index contributed by atoms with van der Waals surface area (Å²) in [5.41, 5.74) is 0.972. The Labute approximate surface area is 124 Å². The fourth-order valence-electron chi connectivity index (χ4n) is 1.97. The third kappa shape index (κ3) is 4.52. The molecule has 6 heteroatoms. The van der Waals surface area contributed by atoms with E-state index in [1.54, 1.807) is 4.68 Å². The molecule has 1 N–H and O–H groups in total. The highest BCUT2D eigenvalue weighted by molar-refractivity contribution is 7.98. The normalized spacial score (nSPS) is 10.7. The van der Waals surface area contributed by atoms with Crippen molar-refractivity contribution in [1.82, 2.24) is 20.2 Å². The molecule has 0 atom stereocenters. The largest absolute Gasteiger partial charge is 0.353 e. The van der Waals surface area contributed by atoms with E-state index in [9.17, 15) is 0 Å². The highest BCUT2D eigenvalue weighted by Gasteiger charge is 2.06. The van der Waals surface area contributed by atoms with Crippen LogP contribution in [-0.2, 0) is 0 Å². The number of para-hydroxylation sites is 1. The molecule has 0 bridgehead atoms. The third-order valence-corrected chi connectivity index (χ3v) is 3.73. The SMILES string of the molecule is CSCCCCCCNc1nnnn1-c1ccccc1. The number of tetrazole rings is 1. The Kier molecular flexibility index (Phi) is 6.37. The lowest BCUT2D eigenvalue weighted by Gasteiger charge is -2.06. The first-order valence-electron chi connectivity index (χ1n) is 6.98. The number of thioether (sulfide) groups is 1. The quantitative estimate of drug-likeness (QED) is 0.720. The number of nitrogens with zero attached hydrogens (tertiary/aromatic N) is 4. The summed E-state index contributed by atoms with van der Waals surface area (Å²) in [6.45, 7) is 0.909. The van der Waals surface area contributed by atoms with E-state index in [-0.39, 0.29) is 0 Å². The molecule has 2 rings (SSSR count). The van der Waals surface area contributed by atoms with Gasteiger partial charge in [-0.15, -0.1) is 0 Å². The van der Waals surface area contributed by atoms with Crippen LogP contribution >= 0.6 is 11.8 Å². The summed E-state index contributed by atoms with van der Waals surface area (Å²) < 4.78 is 1.73. The maximum atomic E-state index is 4.03. The van der Waals surface area contributed by atoms with Crippen molar-refractivity contribution in [3.05, 3.63) is 30.3 Å². The van der Waals surface area contributed by atoms with Crippen LogP contribution in [0.1, 0.15) is 25.7 Å². The molecular weight excluding hydrogens is 270 g/mol. The van der Waals surface area contributed by atoms with Crippen molar-refractivity contribution in [1.29, 1.82) is 0 Å². The maximum absolute atomic E-state index is 4.03. The Bertz CT molecular complexity index is 485. The fraction of sp³-hybridized carbons (Fsp3) is 0.500. The molecule has 0 aliphatic rings. The zero-order chi connectivity index (χ0) is 14.0. The first kappa shape index (κ1) is 14.8. The van der Waals surface area contributed by atoms with Gasteiger partial charge in [0.1, 0.15) is 0 Å². The topological polar surface area (TPSA) is 55.6 Å². The number of benzene rings is 1. The zero-order valence-electron chi connectivity index (χ0n) is 11.8.